The van der Waals surface area contributed by atoms with Crippen molar-refractivity contribution >= 4 is 5.69 Å². The van der Waals surface area contributed by atoms with Crippen molar-refractivity contribution in [2.45, 2.75) is 12.6 Å². The smallest absolute Gasteiger partial charge is 0.396 e. The molecule has 2 rings (SSSR count). The highest BCUT2D eigenvalue weighted by Crippen LogP contribution is 2.31. The number of benzene rings is 1. The van der Waals surface area contributed by atoms with Gasteiger partial charge in [0.2, 0.25) is 0 Å². The van der Waals surface area contributed by atoms with Crippen LogP contribution in [0.3, 0.4) is 0 Å². The Balaban J connectivity index is 2.09. The van der Waals surface area contributed by atoms with E-state index in [1.165, 1.54) is 12.1 Å². The Morgan fingerprint density at radius 1 is 1.24 bits per heavy atom. The molecule has 1 aliphatic heterocycles. The quantitative estimate of drug-likeness (QED) is 0.865. The minimum absolute atomic E-state index is 0.136. The SMILES string of the molecule is OCC1CCN(c2ccc(C(F)(F)F)cc2)C1. The fourth-order valence-corrected chi connectivity index (χ4v) is 2.08. The van der Waals surface area contributed by atoms with E-state index in [4.69, 9.17) is 5.11 Å². The van der Waals surface area contributed by atoms with Crippen LogP contribution in [0, 0.1) is 5.92 Å². The molecule has 0 spiro atoms. The third kappa shape index (κ3) is 2.72. The first-order valence-electron chi connectivity index (χ1n) is 5.54. The number of anilines is 1. The van der Waals surface area contributed by atoms with Gasteiger partial charge in [0.05, 0.1) is 5.56 Å². The van der Waals surface area contributed by atoms with Gasteiger partial charge < -0.3 is 10.0 Å². The van der Waals surface area contributed by atoms with Crippen LogP contribution in [0.1, 0.15) is 12.0 Å². The zero-order valence-electron chi connectivity index (χ0n) is 9.24. The van der Waals surface area contributed by atoms with E-state index in [1.807, 2.05) is 4.90 Å². The number of rotatable bonds is 2. The van der Waals surface area contributed by atoms with Gasteiger partial charge in [-0.2, -0.15) is 13.2 Å². The van der Waals surface area contributed by atoms with Gasteiger partial charge in [-0.15, -0.1) is 0 Å². The summed E-state index contributed by atoms with van der Waals surface area (Å²) in [4.78, 5) is 2.00. The molecule has 1 aromatic rings. The van der Waals surface area contributed by atoms with E-state index in [9.17, 15) is 13.2 Å². The molecular formula is C12H14F3NO. The van der Waals surface area contributed by atoms with Crippen LogP contribution in [-0.4, -0.2) is 24.8 Å². The van der Waals surface area contributed by atoms with Crippen molar-refractivity contribution in [1.82, 2.24) is 0 Å². The summed E-state index contributed by atoms with van der Waals surface area (Å²) < 4.78 is 37.1. The van der Waals surface area contributed by atoms with E-state index >= 15 is 0 Å². The average molecular weight is 245 g/mol. The third-order valence-electron chi connectivity index (χ3n) is 3.10. The summed E-state index contributed by atoms with van der Waals surface area (Å²) in [6.07, 6.45) is -3.39. The molecule has 1 aromatic carbocycles. The summed E-state index contributed by atoms with van der Waals surface area (Å²) >= 11 is 0. The Bertz CT molecular complexity index is 374. The van der Waals surface area contributed by atoms with Crippen molar-refractivity contribution in [1.29, 1.82) is 0 Å². The zero-order chi connectivity index (χ0) is 12.5. The summed E-state index contributed by atoms with van der Waals surface area (Å²) in [5, 5.41) is 9.01. The predicted molar refractivity (Wildman–Crippen MR) is 58.8 cm³/mol. The van der Waals surface area contributed by atoms with E-state index in [-0.39, 0.29) is 12.5 Å². The van der Waals surface area contributed by atoms with Crippen LogP contribution in [0.4, 0.5) is 18.9 Å². The Kier molecular flexibility index (Phi) is 3.28. The molecule has 2 nitrogen and oxygen atoms in total. The van der Waals surface area contributed by atoms with Crippen molar-refractivity contribution in [3.8, 4) is 0 Å². The number of hydrogen-bond donors (Lipinski definition) is 1. The number of halogens is 3. The topological polar surface area (TPSA) is 23.5 Å². The second-order valence-corrected chi connectivity index (χ2v) is 4.33. The van der Waals surface area contributed by atoms with E-state index in [0.29, 0.717) is 6.54 Å². The van der Waals surface area contributed by atoms with E-state index in [1.54, 1.807) is 0 Å². The van der Waals surface area contributed by atoms with Crippen molar-refractivity contribution in [2.75, 3.05) is 24.6 Å². The largest absolute Gasteiger partial charge is 0.416 e. The number of hydrogen-bond acceptors (Lipinski definition) is 2. The lowest BCUT2D eigenvalue weighted by Crippen LogP contribution is -2.20. The highest BCUT2D eigenvalue weighted by Gasteiger charge is 2.30. The molecular weight excluding hydrogens is 231 g/mol. The van der Waals surface area contributed by atoms with Gasteiger partial charge in [-0.05, 0) is 30.7 Å². The van der Waals surface area contributed by atoms with Gasteiger partial charge in [0.15, 0.2) is 0 Å². The Hall–Kier alpha value is -1.23. The molecule has 0 bridgehead atoms. The fraction of sp³-hybridized carbons (Fsp3) is 0.500. The minimum atomic E-state index is -4.28. The van der Waals surface area contributed by atoms with Gasteiger partial charge in [-0.1, -0.05) is 0 Å². The molecule has 0 aromatic heterocycles. The first-order chi connectivity index (χ1) is 8.00. The van der Waals surface area contributed by atoms with Gasteiger partial charge in [-0.25, -0.2) is 0 Å². The van der Waals surface area contributed by atoms with Gasteiger partial charge in [0, 0.05) is 31.3 Å². The molecule has 1 heterocycles. The molecule has 1 saturated heterocycles. The highest BCUT2D eigenvalue weighted by molar-refractivity contribution is 5.48. The molecule has 0 aliphatic carbocycles. The molecule has 94 valence electrons. The van der Waals surface area contributed by atoms with Gasteiger partial charge in [0.1, 0.15) is 0 Å². The number of nitrogens with zero attached hydrogens (tertiary/aromatic N) is 1. The van der Waals surface area contributed by atoms with Crippen molar-refractivity contribution in [3.05, 3.63) is 29.8 Å². The summed E-state index contributed by atoms with van der Waals surface area (Å²) in [5.41, 5.74) is 0.160. The minimum Gasteiger partial charge on any atom is -0.396 e. The van der Waals surface area contributed by atoms with Crippen LogP contribution < -0.4 is 4.90 Å². The standard InChI is InChI=1S/C12H14F3NO/c13-12(14,15)10-1-3-11(4-2-10)16-6-5-9(7-16)8-17/h1-4,9,17H,5-8H2. The molecule has 0 amide bonds. The lowest BCUT2D eigenvalue weighted by Gasteiger charge is -2.19. The molecule has 1 atom stereocenters. The van der Waals surface area contributed by atoms with Crippen LogP contribution >= 0.6 is 0 Å². The van der Waals surface area contributed by atoms with Crippen LogP contribution in [0.5, 0.6) is 0 Å². The van der Waals surface area contributed by atoms with Gasteiger partial charge in [0.25, 0.3) is 0 Å². The van der Waals surface area contributed by atoms with Crippen molar-refractivity contribution in [2.24, 2.45) is 5.92 Å². The van der Waals surface area contributed by atoms with Gasteiger partial charge in [-0.3, -0.25) is 0 Å². The lowest BCUT2D eigenvalue weighted by atomic mass is 10.1. The highest BCUT2D eigenvalue weighted by atomic mass is 19.4. The zero-order valence-corrected chi connectivity index (χ0v) is 9.24. The maximum atomic E-state index is 12.4. The summed E-state index contributed by atoms with van der Waals surface area (Å²) in [5.74, 6) is 0.234. The third-order valence-corrected chi connectivity index (χ3v) is 3.10. The number of aliphatic hydroxyl groups is 1. The number of alkyl halides is 3. The van der Waals surface area contributed by atoms with Crippen LogP contribution in [0.2, 0.25) is 0 Å². The van der Waals surface area contributed by atoms with E-state index in [0.717, 1.165) is 30.8 Å². The normalized spacial score (nSPS) is 20.9. The number of aliphatic hydroxyl groups excluding tert-OH is 1. The molecule has 17 heavy (non-hydrogen) atoms. The second kappa shape index (κ2) is 4.56. The summed E-state index contributed by atoms with van der Waals surface area (Å²) in [6, 6.07) is 5.17. The monoisotopic (exact) mass is 245 g/mol. The predicted octanol–water partition coefficient (Wildman–Crippen LogP) is 2.52. The first-order valence-corrected chi connectivity index (χ1v) is 5.54. The Morgan fingerprint density at radius 2 is 1.88 bits per heavy atom. The average Bonchev–Trinajstić information content (AvgIpc) is 2.76. The first kappa shape index (κ1) is 12.2. The second-order valence-electron chi connectivity index (χ2n) is 4.33. The molecule has 1 aliphatic rings. The molecule has 1 fully saturated rings. The lowest BCUT2D eigenvalue weighted by molar-refractivity contribution is -0.137. The fourth-order valence-electron chi connectivity index (χ4n) is 2.08. The van der Waals surface area contributed by atoms with E-state index in [2.05, 4.69) is 0 Å². The van der Waals surface area contributed by atoms with E-state index < -0.39 is 11.7 Å². The van der Waals surface area contributed by atoms with Gasteiger partial charge >= 0.3 is 6.18 Å². The van der Waals surface area contributed by atoms with Crippen LogP contribution in [-0.2, 0) is 6.18 Å². The Morgan fingerprint density at radius 3 is 2.35 bits per heavy atom. The van der Waals surface area contributed by atoms with Crippen molar-refractivity contribution in [3.63, 3.8) is 0 Å². The van der Waals surface area contributed by atoms with Crippen LogP contribution in [0.15, 0.2) is 24.3 Å². The summed E-state index contributed by atoms with van der Waals surface area (Å²) in [7, 11) is 0. The summed E-state index contributed by atoms with van der Waals surface area (Å²) in [6.45, 7) is 1.63. The maximum Gasteiger partial charge on any atom is 0.416 e. The molecule has 0 radical (unpaired) electrons. The Labute approximate surface area is 97.7 Å². The maximum absolute atomic E-state index is 12.4. The molecule has 5 heteroatoms. The molecule has 0 saturated carbocycles. The molecule has 1 N–H and O–H groups in total. The van der Waals surface area contributed by atoms with Crippen LogP contribution in [0.25, 0.3) is 0 Å². The van der Waals surface area contributed by atoms with Crippen molar-refractivity contribution < 1.29 is 18.3 Å². The molecule has 1 unspecified atom stereocenters.